The van der Waals surface area contributed by atoms with Gasteiger partial charge < -0.3 is 10.6 Å². The van der Waals surface area contributed by atoms with Crippen LogP contribution in [0.4, 0.5) is 0 Å². The fourth-order valence-corrected chi connectivity index (χ4v) is 3.03. The molecule has 0 saturated carbocycles. The first-order valence-electron chi connectivity index (χ1n) is 8.80. The molecule has 2 heterocycles. The Bertz CT molecular complexity index is 995. The highest BCUT2D eigenvalue weighted by Crippen LogP contribution is 2.21. The van der Waals surface area contributed by atoms with Gasteiger partial charge in [0.2, 0.25) is 5.91 Å². The number of rotatable bonds is 5. The second-order valence-electron chi connectivity index (χ2n) is 6.62. The number of nitrogens with one attached hydrogen (secondary N) is 2. The third-order valence-corrected chi connectivity index (χ3v) is 4.39. The second-order valence-corrected chi connectivity index (χ2v) is 6.62. The predicted octanol–water partition coefficient (Wildman–Crippen LogP) is 2.02. The first-order valence-corrected chi connectivity index (χ1v) is 8.80. The van der Waals surface area contributed by atoms with Gasteiger partial charge in [-0.25, -0.2) is 4.98 Å². The van der Waals surface area contributed by atoms with E-state index < -0.39 is 6.04 Å². The van der Waals surface area contributed by atoms with Crippen molar-refractivity contribution in [2.75, 3.05) is 0 Å². The first-order chi connectivity index (χ1) is 12.9. The summed E-state index contributed by atoms with van der Waals surface area (Å²) < 4.78 is 1.66. The van der Waals surface area contributed by atoms with Crippen LogP contribution in [-0.4, -0.2) is 32.6 Å². The molecule has 0 saturated heterocycles. The van der Waals surface area contributed by atoms with Gasteiger partial charge in [-0.05, 0) is 32.4 Å². The number of aromatic nitrogens is 3. The van der Waals surface area contributed by atoms with Crippen LogP contribution in [0.3, 0.4) is 0 Å². The van der Waals surface area contributed by atoms with Crippen LogP contribution in [0.1, 0.15) is 34.2 Å². The molecule has 27 heavy (non-hydrogen) atoms. The lowest BCUT2D eigenvalue weighted by atomic mass is 10.1. The topological polar surface area (TPSA) is 88.9 Å². The molecule has 0 radical (unpaired) electrons. The van der Waals surface area contributed by atoms with E-state index in [-0.39, 0.29) is 11.8 Å². The summed E-state index contributed by atoms with van der Waals surface area (Å²) in [6.45, 7) is 5.75. The molecule has 0 fully saturated rings. The summed E-state index contributed by atoms with van der Waals surface area (Å²) >= 11 is 0. The minimum Gasteiger partial charge on any atom is -0.350 e. The van der Waals surface area contributed by atoms with Gasteiger partial charge in [0.15, 0.2) is 5.65 Å². The molecule has 0 aliphatic heterocycles. The van der Waals surface area contributed by atoms with Gasteiger partial charge in [0.1, 0.15) is 6.04 Å². The molecule has 3 rings (SSSR count). The van der Waals surface area contributed by atoms with Crippen LogP contribution in [0, 0.1) is 13.8 Å². The predicted molar refractivity (Wildman–Crippen MR) is 103 cm³/mol. The van der Waals surface area contributed by atoms with E-state index in [1.165, 1.54) is 0 Å². The summed E-state index contributed by atoms with van der Waals surface area (Å²) in [5.41, 5.74) is 3.58. The molecule has 0 spiro atoms. The number of benzene rings is 1. The van der Waals surface area contributed by atoms with Gasteiger partial charge in [-0.15, -0.1) is 0 Å². The minimum atomic E-state index is -0.665. The summed E-state index contributed by atoms with van der Waals surface area (Å²) in [5, 5.41) is 10.7. The lowest BCUT2D eigenvalue weighted by molar-refractivity contribution is -0.122. The van der Waals surface area contributed by atoms with Crippen molar-refractivity contribution in [2.24, 2.45) is 7.05 Å². The van der Waals surface area contributed by atoms with E-state index in [9.17, 15) is 9.59 Å². The van der Waals surface area contributed by atoms with E-state index in [1.54, 1.807) is 24.7 Å². The Hall–Kier alpha value is -3.22. The summed E-state index contributed by atoms with van der Waals surface area (Å²) in [5.74, 6) is -0.555. The van der Waals surface area contributed by atoms with Crippen molar-refractivity contribution in [3.8, 4) is 0 Å². The molecule has 2 aromatic heterocycles. The highest BCUT2D eigenvalue weighted by molar-refractivity contribution is 6.07. The molecule has 1 aromatic carbocycles. The standard InChI is InChI=1S/C20H23N5O2/c1-12-10-16(17-13(2)24-25(4)18(17)22-12)20(27)23-14(3)19(26)21-11-15-8-6-5-7-9-15/h5-10,14H,11H2,1-4H3,(H,21,26)(H,23,27)/t14-/m1/s1. The number of amides is 2. The number of hydrogen-bond donors (Lipinski definition) is 2. The van der Waals surface area contributed by atoms with E-state index in [2.05, 4.69) is 20.7 Å². The lowest BCUT2D eigenvalue weighted by Gasteiger charge is -2.15. The van der Waals surface area contributed by atoms with Crippen molar-refractivity contribution < 1.29 is 9.59 Å². The highest BCUT2D eigenvalue weighted by atomic mass is 16.2. The van der Waals surface area contributed by atoms with E-state index >= 15 is 0 Å². The average Bonchev–Trinajstić information content (AvgIpc) is 2.93. The Kier molecular flexibility index (Phi) is 5.21. The van der Waals surface area contributed by atoms with Crippen LogP contribution >= 0.6 is 0 Å². The molecule has 7 nitrogen and oxygen atoms in total. The van der Waals surface area contributed by atoms with Crippen molar-refractivity contribution in [1.29, 1.82) is 0 Å². The van der Waals surface area contributed by atoms with Crippen molar-refractivity contribution in [1.82, 2.24) is 25.4 Å². The molecule has 0 bridgehead atoms. The van der Waals surface area contributed by atoms with Gasteiger partial charge in [0, 0.05) is 19.3 Å². The minimum absolute atomic E-state index is 0.239. The molecular weight excluding hydrogens is 342 g/mol. The average molecular weight is 365 g/mol. The molecule has 2 N–H and O–H groups in total. The van der Waals surface area contributed by atoms with Gasteiger partial charge in [-0.1, -0.05) is 30.3 Å². The van der Waals surface area contributed by atoms with Crippen LogP contribution in [0.5, 0.6) is 0 Å². The number of pyridine rings is 1. The number of carbonyl (C=O) groups excluding carboxylic acids is 2. The number of fused-ring (bicyclic) bond motifs is 1. The number of hydrogen-bond acceptors (Lipinski definition) is 4. The Morgan fingerprint density at radius 2 is 1.89 bits per heavy atom. The van der Waals surface area contributed by atoms with E-state index in [4.69, 9.17) is 0 Å². The maximum absolute atomic E-state index is 12.8. The zero-order valence-corrected chi connectivity index (χ0v) is 15.9. The Morgan fingerprint density at radius 1 is 1.19 bits per heavy atom. The molecule has 7 heteroatoms. The number of carbonyl (C=O) groups is 2. The van der Waals surface area contributed by atoms with E-state index in [1.807, 2.05) is 44.2 Å². The van der Waals surface area contributed by atoms with Crippen LogP contribution < -0.4 is 10.6 Å². The smallest absolute Gasteiger partial charge is 0.252 e. The zero-order valence-electron chi connectivity index (χ0n) is 15.9. The van der Waals surface area contributed by atoms with Gasteiger partial charge >= 0.3 is 0 Å². The largest absolute Gasteiger partial charge is 0.350 e. The quantitative estimate of drug-likeness (QED) is 0.724. The molecule has 0 aliphatic rings. The van der Waals surface area contributed by atoms with E-state index in [0.29, 0.717) is 23.1 Å². The third kappa shape index (κ3) is 3.97. The number of nitrogens with zero attached hydrogens (tertiary/aromatic N) is 3. The SMILES string of the molecule is Cc1cc(C(=O)N[C@H](C)C(=O)NCc2ccccc2)c2c(C)nn(C)c2n1. The third-order valence-electron chi connectivity index (χ3n) is 4.39. The molecule has 2 amide bonds. The molecule has 1 atom stereocenters. The Balaban J connectivity index is 1.73. The summed E-state index contributed by atoms with van der Waals surface area (Å²) in [6.07, 6.45) is 0. The van der Waals surface area contributed by atoms with Gasteiger partial charge in [-0.3, -0.25) is 14.3 Å². The molecule has 140 valence electrons. The number of aryl methyl sites for hydroxylation is 3. The summed E-state index contributed by atoms with van der Waals surface area (Å²) in [7, 11) is 1.79. The van der Waals surface area contributed by atoms with Crippen LogP contribution in [0.25, 0.3) is 11.0 Å². The van der Waals surface area contributed by atoms with Gasteiger partial charge in [-0.2, -0.15) is 5.10 Å². The highest BCUT2D eigenvalue weighted by Gasteiger charge is 2.21. The maximum atomic E-state index is 12.8. The summed E-state index contributed by atoms with van der Waals surface area (Å²) in [4.78, 5) is 29.6. The molecule has 3 aromatic rings. The second kappa shape index (κ2) is 7.57. The van der Waals surface area contributed by atoms with Crippen LogP contribution in [0.2, 0.25) is 0 Å². The van der Waals surface area contributed by atoms with Crippen molar-refractivity contribution in [3.63, 3.8) is 0 Å². The van der Waals surface area contributed by atoms with Crippen molar-refractivity contribution >= 4 is 22.8 Å². The van der Waals surface area contributed by atoms with E-state index in [0.717, 1.165) is 17.0 Å². The maximum Gasteiger partial charge on any atom is 0.252 e. The monoisotopic (exact) mass is 365 g/mol. The zero-order chi connectivity index (χ0) is 19.6. The lowest BCUT2D eigenvalue weighted by Crippen LogP contribution is -2.44. The van der Waals surface area contributed by atoms with Gasteiger partial charge in [0.05, 0.1) is 16.6 Å². The first kappa shape index (κ1) is 18.6. The Morgan fingerprint density at radius 3 is 2.59 bits per heavy atom. The fraction of sp³-hybridized carbons (Fsp3) is 0.300. The Labute approximate surface area is 157 Å². The van der Waals surface area contributed by atoms with Crippen LogP contribution in [-0.2, 0) is 18.4 Å². The molecule has 0 unspecified atom stereocenters. The summed E-state index contributed by atoms with van der Waals surface area (Å²) in [6, 6.07) is 10.7. The van der Waals surface area contributed by atoms with Crippen LogP contribution in [0.15, 0.2) is 36.4 Å². The van der Waals surface area contributed by atoms with Crippen molar-refractivity contribution in [2.45, 2.75) is 33.4 Å². The molecular formula is C20H23N5O2. The fourth-order valence-electron chi connectivity index (χ4n) is 3.03. The van der Waals surface area contributed by atoms with Gasteiger partial charge in [0.25, 0.3) is 5.91 Å². The normalized spacial score (nSPS) is 12.0. The van der Waals surface area contributed by atoms with Crippen molar-refractivity contribution in [3.05, 3.63) is 58.9 Å². The molecule has 0 aliphatic carbocycles.